The highest BCUT2D eigenvalue weighted by Crippen LogP contribution is 2.42. The number of thiazole rings is 1. The molecule has 1 aromatic heterocycles. The Morgan fingerprint density at radius 3 is 2.00 bits per heavy atom. The SMILES string of the molecule is Cc1ccc(S(=O)(=O)c2nc(S(=O)(=O)c3ccccc3)c(Sc3ccc(Cl)cc3)s2)cc1. The van der Waals surface area contributed by atoms with Crippen molar-refractivity contribution in [1.29, 1.82) is 0 Å². The molecule has 4 rings (SSSR count). The molecule has 5 nitrogen and oxygen atoms in total. The Labute approximate surface area is 200 Å². The van der Waals surface area contributed by atoms with Gasteiger partial charge in [-0.2, -0.15) is 0 Å². The fourth-order valence-corrected chi connectivity index (χ4v) is 8.87. The maximum absolute atomic E-state index is 13.3. The van der Waals surface area contributed by atoms with Gasteiger partial charge in [0.25, 0.3) is 0 Å². The van der Waals surface area contributed by atoms with Gasteiger partial charge in [0.05, 0.1) is 9.79 Å². The van der Waals surface area contributed by atoms with E-state index in [2.05, 4.69) is 4.98 Å². The highest BCUT2D eigenvalue weighted by atomic mass is 35.5. The Balaban J connectivity index is 1.86. The number of hydrogen-bond acceptors (Lipinski definition) is 7. The van der Waals surface area contributed by atoms with Crippen molar-refractivity contribution in [2.75, 3.05) is 0 Å². The second kappa shape index (κ2) is 8.99. The number of aromatic nitrogens is 1. The molecule has 0 aliphatic rings. The Bertz CT molecular complexity index is 1460. The minimum absolute atomic E-state index is 0.0440. The van der Waals surface area contributed by atoms with E-state index in [-0.39, 0.29) is 23.4 Å². The van der Waals surface area contributed by atoms with Crippen LogP contribution in [0.4, 0.5) is 0 Å². The number of sulfone groups is 2. The summed E-state index contributed by atoms with van der Waals surface area (Å²) in [7, 11) is -8.03. The molecule has 0 fully saturated rings. The summed E-state index contributed by atoms with van der Waals surface area (Å²) in [6, 6.07) is 21.0. The van der Waals surface area contributed by atoms with Gasteiger partial charge in [0.15, 0.2) is 5.03 Å². The van der Waals surface area contributed by atoms with Crippen molar-refractivity contribution in [1.82, 2.24) is 4.98 Å². The highest BCUT2D eigenvalue weighted by Gasteiger charge is 2.31. The highest BCUT2D eigenvalue weighted by molar-refractivity contribution is 8.02. The molecule has 0 radical (unpaired) electrons. The molecule has 0 atom stereocenters. The summed E-state index contributed by atoms with van der Waals surface area (Å²) in [4.78, 5) is 4.95. The zero-order valence-corrected chi connectivity index (χ0v) is 20.6. The van der Waals surface area contributed by atoms with Crippen LogP contribution in [0.3, 0.4) is 0 Å². The topological polar surface area (TPSA) is 81.2 Å². The molecule has 32 heavy (non-hydrogen) atoms. The second-order valence-electron chi connectivity index (χ2n) is 6.76. The summed E-state index contributed by atoms with van der Waals surface area (Å²) in [5.41, 5.74) is 0.911. The zero-order valence-electron chi connectivity index (χ0n) is 16.6. The van der Waals surface area contributed by atoms with Crippen LogP contribution in [0.2, 0.25) is 5.02 Å². The quantitative estimate of drug-likeness (QED) is 0.313. The summed E-state index contributed by atoms with van der Waals surface area (Å²) in [5, 5.41) is 0.262. The van der Waals surface area contributed by atoms with Gasteiger partial charge >= 0.3 is 0 Å². The van der Waals surface area contributed by atoms with Crippen molar-refractivity contribution in [3.05, 3.63) is 89.4 Å². The van der Waals surface area contributed by atoms with Gasteiger partial charge in [0.1, 0.15) is 4.21 Å². The van der Waals surface area contributed by atoms with Gasteiger partial charge in [-0.1, -0.05) is 70.6 Å². The molecule has 0 saturated heterocycles. The lowest BCUT2D eigenvalue weighted by Gasteiger charge is -2.04. The first-order chi connectivity index (χ1) is 15.2. The molecular weight excluding hydrogens is 506 g/mol. The van der Waals surface area contributed by atoms with Crippen molar-refractivity contribution >= 4 is 54.4 Å². The molecular formula is C22H16ClNO4S4. The molecule has 0 bridgehead atoms. The number of nitrogens with zero attached hydrogens (tertiary/aromatic N) is 1. The predicted octanol–water partition coefficient (Wildman–Crippen LogP) is 5.92. The van der Waals surface area contributed by atoms with E-state index in [4.69, 9.17) is 11.6 Å². The maximum atomic E-state index is 13.3. The Morgan fingerprint density at radius 1 is 0.781 bits per heavy atom. The van der Waals surface area contributed by atoms with E-state index in [1.165, 1.54) is 24.3 Å². The minimum Gasteiger partial charge on any atom is -0.217 e. The van der Waals surface area contributed by atoms with Crippen LogP contribution in [0, 0.1) is 6.92 Å². The van der Waals surface area contributed by atoms with Gasteiger partial charge in [-0.05, 0) is 55.5 Å². The normalized spacial score (nSPS) is 12.1. The Hall–Kier alpha value is -2.17. The van der Waals surface area contributed by atoms with E-state index in [9.17, 15) is 16.8 Å². The van der Waals surface area contributed by atoms with Gasteiger partial charge in [-0.15, -0.1) is 0 Å². The van der Waals surface area contributed by atoms with Crippen LogP contribution in [0.5, 0.6) is 0 Å². The summed E-state index contributed by atoms with van der Waals surface area (Å²) >= 11 is 7.92. The standard InChI is InChI=1S/C22H16ClNO4S4/c1-15-7-13-19(14-8-15)32(27,28)22-24-20(31(25,26)18-5-3-2-4-6-18)21(30-22)29-17-11-9-16(23)10-12-17/h2-14H,1H3. The van der Waals surface area contributed by atoms with Crippen molar-refractivity contribution in [2.24, 2.45) is 0 Å². The zero-order chi connectivity index (χ0) is 22.9. The second-order valence-corrected chi connectivity index (χ2v) is 13.5. The molecule has 0 aliphatic carbocycles. The van der Waals surface area contributed by atoms with E-state index < -0.39 is 19.7 Å². The van der Waals surface area contributed by atoms with Crippen LogP contribution in [0.25, 0.3) is 0 Å². The molecule has 0 spiro atoms. The first-order valence-electron chi connectivity index (χ1n) is 9.24. The number of halogens is 1. The molecule has 4 aromatic rings. The van der Waals surface area contributed by atoms with Crippen molar-refractivity contribution in [2.45, 2.75) is 35.2 Å². The van der Waals surface area contributed by atoms with Crippen LogP contribution >= 0.6 is 34.7 Å². The Kier molecular flexibility index (Phi) is 6.46. The monoisotopic (exact) mass is 521 g/mol. The molecule has 0 N–H and O–H groups in total. The van der Waals surface area contributed by atoms with Gasteiger partial charge < -0.3 is 0 Å². The number of benzene rings is 3. The molecule has 10 heteroatoms. The summed E-state index contributed by atoms with van der Waals surface area (Å²) < 4.78 is 53.1. The molecule has 0 aliphatic heterocycles. The smallest absolute Gasteiger partial charge is 0.217 e. The molecule has 3 aromatic carbocycles. The lowest BCUT2D eigenvalue weighted by Crippen LogP contribution is -2.06. The molecule has 0 amide bonds. The number of hydrogen-bond donors (Lipinski definition) is 0. The third kappa shape index (κ3) is 4.62. The first kappa shape index (κ1) is 23.0. The van der Waals surface area contributed by atoms with Crippen LogP contribution in [0.15, 0.2) is 107 Å². The third-order valence-corrected chi connectivity index (χ3v) is 11.0. The van der Waals surface area contributed by atoms with E-state index in [1.807, 2.05) is 6.92 Å². The largest absolute Gasteiger partial charge is 0.233 e. The first-order valence-corrected chi connectivity index (χ1v) is 14.2. The van der Waals surface area contributed by atoms with E-state index >= 15 is 0 Å². The van der Waals surface area contributed by atoms with Gasteiger partial charge in [0, 0.05) is 9.92 Å². The van der Waals surface area contributed by atoms with E-state index in [0.29, 0.717) is 9.92 Å². The van der Waals surface area contributed by atoms with Crippen LogP contribution in [-0.2, 0) is 19.7 Å². The molecule has 1 heterocycles. The summed E-state index contributed by atoms with van der Waals surface area (Å²) in [6.07, 6.45) is 0. The molecule has 0 unspecified atom stereocenters. The molecule has 164 valence electrons. The van der Waals surface area contributed by atoms with Gasteiger partial charge in [-0.3, -0.25) is 0 Å². The van der Waals surface area contributed by atoms with Crippen LogP contribution in [-0.4, -0.2) is 21.8 Å². The van der Waals surface area contributed by atoms with Crippen LogP contribution in [0.1, 0.15) is 5.56 Å². The van der Waals surface area contributed by atoms with Gasteiger partial charge in [-0.25, -0.2) is 21.8 Å². The van der Waals surface area contributed by atoms with Crippen molar-refractivity contribution < 1.29 is 16.8 Å². The summed E-state index contributed by atoms with van der Waals surface area (Å²) in [5.74, 6) is 0. The van der Waals surface area contributed by atoms with Crippen molar-refractivity contribution in [3.8, 4) is 0 Å². The van der Waals surface area contributed by atoms with Crippen LogP contribution < -0.4 is 0 Å². The number of aryl methyl sites for hydroxylation is 1. The molecule has 0 saturated carbocycles. The average Bonchev–Trinajstić information content (AvgIpc) is 3.22. The number of rotatable bonds is 6. The lowest BCUT2D eigenvalue weighted by atomic mass is 10.2. The van der Waals surface area contributed by atoms with E-state index in [0.717, 1.165) is 28.7 Å². The fourth-order valence-electron chi connectivity index (χ4n) is 2.76. The van der Waals surface area contributed by atoms with Crippen molar-refractivity contribution in [3.63, 3.8) is 0 Å². The minimum atomic E-state index is -4.04. The Morgan fingerprint density at radius 2 is 1.38 bits per heavy atom. The lowest BCUT2D eigenvalue weighted by molar-refractivity contribution is 0.587. The average molecular weight is 522 g/mol. The fraction of sp³-hybridized carbons (Fsp3) is 0.0455. The van der Waals surface area contributed by atoms with E-state index in [1.54, 1.807) is 54.6 Å². The van der Waals surface area contributed by atoms with Gasteiger partial charge in [0.2, 0.25) is 24.0 Å². The third-order valence-electron chi connectivity index (χ3n) is 4.44. The maximum Gasteiger partial charge on any atom is 0.233 e. The predicted molar refractivity (Wildman–Crippen MR) is 126 cm³/mol. The summed E-state index contributed by atoms with van der Waals surface area (Å²) in [6.45, 7) is 1.85.